The lowest BCUT2D eigenvalue weighted by molar-refractivity contribution is -0.122. The van der Waals surface area contributed by atoms with Gasteiger partial charge in [0.05, 0.1) is 0 Å². The van der Waals surface area contributed by atoms with Crippen LogP contribution in [0.3, 0.4) is 0 Å². The normalized spacial score (nSPS) is 14.2. The largest absolute Gasteiger partial charge is 0.481 e. The first-order valence-corrected chi connectivity index (χ1v) is 10.4. The molecule has 1 N–H and O–H groups in total. The zero-order chi connectivity index (χ0) is 19.5. The van der Waals surface area contributed by atoms with Gasteiger partial charge in [-0.05, 0) is 62.8 Å². The number of benzene rings is 2. The monoisotopic (exact) mass is 393 g/mol. The van der Waals surface area contributed by atoms with Gasteiger partial charge in [-0.1, -0.05) is 47.2 Å². The van der Waals surface area contributed by atoms with E-state index in [1.807, 2.05) is 37.3 Å². The SMILES string of the molecule is Cc1ccc(-c2nnc(NC(=O)[C@H](C)Oc3ccc4c(c3)CCCC4)s2)cc1. The highest BCUT2D eigenvalue weighted by Crippen LogP contribution is 2.28. The second-order valence-corrected chi connectivity index (χ2v) is 8.14. The van der Waals surface area contributed by atoms with Crippen molar-refractivity contribution in [1.29, 1.82) is 0 Å². The van der Waals surface area contributed by atoms with Gasteiger partial charge in [0.25, 0.3) is 5.91 Å². The zero-order valence-corrected chi connectivity index (χ0v) is 16.9. The molecule has 0 radical (unpaired) electrons. The van der Waals surface area contributed by atoms with Gasteiger partial charge in [0.15, 0.2) is 6.10 Å². The molecule has 1 aliphatic carbocycles. The minimum Gasteiger partial charge on any atom is -0.481 e. The van der Waals surface area contributed by atoms with Crippen LogP contribution >= 0.6 is 11.3 Å². The van der Waals surface area contributed by atoms with Crippen LogP contribution in [0.2, 0.25) is 0 Å². The van der Waals surface area contributed by atoms with Crippen LogP contribution in [0.5, 0.6) is 5.75 Å². The second kappa shape index (κ2) is 8.10. The zero-order valence-electron chi connectivity index (χ0n) is 16.1. The summed E-state index contributed by atoms with van der Waals surface area (Å²) in [4.78, 5) is 12.5. The van der Waals surface area contributed by atoms with E-state index in [1.165, 1.54) is 40.9 Å². The summed E-state index contributed by atoms with van der Waals surface area (Å²) >= 11 is 1.35. The molecule has 6 heteroatoms. The van der Waals surface area contributed by atoms with Gasteiger partial charge in [-0.25, -0.2) is 0 Å². The maximum atomic E-state index is 12.5. The minimum absolute atomic E-state index is 0.232. The van der Waals surface area contributed by atoms with Crippen molar-refractivity contribution in [1.82, 2.24) is 10.2 Å². The van der Waals surface area contributed by atoms with Gasteiger partial charge in [0, 0.05) is 5.56 Å². The summed E-state index contributed by atoms with van der Waals surface area (Å²) < 4.78 is 5.86. The van der Waals surface area contributed by atoms with E-state index < -0.39 is 6.10 Å². The number of aromatic nitrogens is 2. The van der Waals surface area contributed by atoms with Crippen LogP contribution in [0.1, 0.15) is 36.5 Å². The van der Waals surface area contributed by atoms with E-state index in [2.05, 4.69) is 27.6 Å². The highest BCUT2D eigenvalue weighted by molar-refractivity contribution is 7.18. The number of nitrogens with one attached hydrogen (secondary N) is 1. The van der Waals surface area contributed by atoms with Gasteiger partial charge in [0.2, 0.25) is 5.13 Å². The number of anilines is 1. The molecule has 0 saturated carbocycles. The molecule has 2 aromatic carbocycles. The Balaban J connectivity index is 1.39. The Labute approximate surface area is 168 Å². The van der Waals surface area contributed by atoms with E-state index in [1.54, 1.807) is 6.92 Å². The molecule has 144 valence electrons. The van der Waals surface area contributed by atoms with Gasteiger partial charge in [-0.3, -0.25) is 10.1 Å². The molecule has 0 fully saturated rings. The number of carbonyl (C=O) groups excluding carboxylic acids is 1. The predicted molar refractivity (Wildman–Crippen MR) is 112 cm³/mol. The van der Waals surface area contributed by atoms with Crippen molar-refractivity contribution >= 4 is 22.4 Å². The number of ether oxygens (including phenoxy) is 1. The Hall–Kier alpha value is -2.73. The van der Waals surface area contributed by atoms with Crippen LogP contribution in [0.4, 0.5) is 5.13 Å². The molecular formula is C22H23N3O2S. The lowest BCUT2D eigenvalue weighted by Gasteiger charge is -2.18. The number of aryl methyl sites for hydroxylation is 3. The third kappa shape index (κ3) is 4.22. The van der Waals surface area contributed by atoms with Crippen LogP contribution < -0.4 is 10.1 Å². The summed E-state index contributed by atoms with van der Waals surface area (Å²) in [6.07, 6.45) is 4.06. The summed E-state index contributed by atoms with van der Waals surface area (Å²) in [5.74, 6) is 0.505. The first kappa shape index (κ1) is 18.6. The van der Waals surface area contributed by atoms with Crippen molar-refractivity contribution in [2.24, 2.45) is 0 Å². The highest BCUT2D eigenvalue weighted by Gasteiger charge is 2.18. The molecular weight excluding hydrogens is 370 g/mol. The van der Waals surface area contributed by atoms with E-state index >= 15 is 0 Å². The number of amides is 1. The average Bonchev–Trinajstić information content (AvgIpc) is 3.17. The maximum Gasteiger partial charge on any atom is 0.266 e. The Bertz CT molecular complexity index is 982. The fourth-order valence-corrected chi connectivity index (χ4v) is 4.09. The lowest BCUT2D eigenvalue weighted by Crippen LogP contribution is -2.30. The van der Waals surface area contributed by atoms with Crippen LogP contribution in [-0.2, 0) is 17.6 Å². The number of hydrogen-bond acceptors (Lipinski definition) is 5. The quantitative estimate of drug-likeness (QED) is 0.676. The number of rotatable bonds is 5. The smallest absolute Gasteiger partial charge is 0.266 e. The van der Waals surface area contributed by atoms with Crippen molar-refractivity contribution in [2.75, 3.05) is 5.32 Å². The van der Waals surface area contributed by atoms with Crippen molar-refractivity contribution in [2.45, 2.75) is 45.6 Å². The van der Waals surface area contributed by atoms with Crippen molar-refractivity contribution in [3.05, 3.63) is 59.2 Å². The van der Waals surface area contributed by atoms with Gasteiger partial charge in [-0.15, -0.1) is 10.2 Å². The van der Waals surface area contributed by atoms with Gasteiger partial charge >= 0.3 is 0 Å². The Morgan fingerprint density at radius 1 is 1.07 bits per heavy atom. The highest BCUT2D eigenvalue weighted by atomic mass is 32.1. The fourth-order valence-electron chi connectivity index (χ4n) is 3.33. The number of nitrogens with zero attached hydrogens (tertiary/aromatic N) is 2. The number of hydrogen-bond donors (Lipinski definition) is 1. The Kier molecular flexibility index (Phi) is 5.39. The summed E-state index contributed by atoms with van der Waals surface area (Å²) in [6, 6.07) is 14.2. The third-order valence-corrected chi connectivity index (χ3v) is 5.84. The molecule has 1 aliphatic rings. The molecule has 0 spiro atoms. The summed E-state index contributed by atoms with van der Waals surface area (Å²) in [7, 11) is 0. The minimum atomic E-state index is -0.617. The fraction of sp³-hybridized carbons (Fsp3) is 0.318. The second-order valence-electron chi connectivity index (χ2n) is 7.17. The molecule has 28 heavy (non-hydrogen) atoms. The van der Waals surface area contributed by atoms with E-state index in [0.717, 1.165) is 29.2 Å². The van der Waals surface area contributed by atoms with E-state index in [4.69, 9.17) is 4.74 Å². The topological polar surface area (TPSA) is 64.1 Å². The lowest BCUT2D eigenvalue weighted by atomic mass is 9.92. The molecule has 0 aliphatic heterocycles. The first-order chi connectivity index (χ1) is 13.6. The summed E-state index contributed by atoms with van der Waals surface area (Å²) in [5, 5.41) is 12.3. The maximum absolute atomic E-state index is 12.5. The average molecular weight is 394 g/mol. The third-order valence-electron chi connectivity index (χ3n) is 4.96. The van der Waals surface area contributed by atoms with Gasteiger partial charge in [0.1, 0.15) is 10.8 Å². The summed E-state index contributed by atoms with van der Waals surface area (Å²) in [5.41, 5.74) is 4.91. The van der Waals surface area contributed by atoms with Crippen molar-refractivity contribution < 1.29 is 9.53 Å². The molecule has 1 atom stereocenters. The van der Waals surface area contributed by atoms with Gasteiger partial charge in [-0.2, -0.15) is 0 Å². The molecule has 5 nitrogen and oxygen atoms in total. The number of fused-ring (bicyclic) bond motifs is 1. The summed E-state index contributed by atoms with van der Waals surface area (Å²) in [6.45, 7) is 3.79. The van der Waals surface area contributed by atoms with Crippen molar-refractivity contribution in [3.8, 4) is 16.3 Å². The molecule has 3 aromatic rings. The van der Waals surface area contributed by atoms with Crippen LogP contribution in [-0.4, -0.2) is 22.2 Å². The van der Waals surface area contributed by atoms with Crippen molar-refractivity contribution in [3.63, 3.8) is 0 Å². The first-order valence-electron chi connectivity index (χ1n) is 9.58. The van der Waals surface area contributed by atoms with E-state index in [9.17, 15) is 4.79 Å². The molecule has 1 heterocycles. The Morgan fingerprint density at radius 3 is 2.61 bits per heavy atom. The van der Waals surface area contributed by atoms with Crippen LogP contribution in [0.15, 0.2) is 42.5 Å². The molecule has 0 bridgehead atoms. The van der Waals surface area contributed by atoms with E-state index in [0.29, 0.717) is 5.13 Å². The predicted octanol–water partition coefficient (Wildman–Crippen LogP) is 4.80. The van der Waals surface area contributed by atoms with E-state index in [-0.39, 0.29) is 5.91 Å². The standard InChI is InChI=1S/C22H23N3O2S/c1-14-7-9-17(10-8-14)21-24-25-22(28-21)23-20(26)15(2)27-19-12-11-16-5-3-4-6-18(16)13-19/h7-13,15H,3-6H2,1-2H3,(H,23,25,26)/t15-/m0/s1. The molecule has 1 amide bonds. The van der Waals surface area contributed by atoms with Gasteiger partial charge < -0.3 is 4.74 Å². The van der Waals surface area contributed by atoms with Crippen LogP contribution in [0.25, 0.3) is 10.6 Å². The molecule has 1 aromatic heterocycles. The molecule has 0 saturated heterocycles. The Morgan fingerprint density at radius 2 is 1.82 bits per heavy atom. The number of carbonyl (C=O) groups is 1. The molecule has 0 unspecified atom stereocenters. The van der Waals surface area contributed by atoms with Crippen LogP contribution in [0, 0.1) is 6.92 Å². The molecule has 4 rings (SSSR count).